The summed E-state index contributed by atoms with van der Waals surface area (Å²) < 4.78 is 1.10. The Morgan fingerprint density at radius 1 is 1.23 bits per heavy atom. The third-order valence-corrected chi connectivity index (χ3v) is 5.16. The van der Waals surface area contributed by atoms with Gasteiger partial charge in [-0.25, -0.2) is 4.98 Å². The lowest BCUT2D eigenvalue weighted by Gasteiger charge is -2.22. The summed E-state index contributed by atoms with van der Waals surface area (Å²) >= 11 is 9.62. The number of carbonyl (C=O) groups is 1. The normalized spacial score (nSPS) is 20.8. The highest BCUT2D eigenvalue weighted by Gasteiger charge is 2.31. The average molecular weight is 380 g/mol. The van der Waals surface area contributed by atoms with Crippen LogP contribution in [0.5, 0.6) is 0 Å². The molecule has 0 radical (unpaired) electrons. The van der Waals surface area contributed by atoms with Gasteiger partial charge in [0.1, 0.15) is 5.15 Å². The Balaban J connectivity index is 1.79. The summed E-state index contributed by atoms with van der Waals surface area (Å²) in [5.74, 6) is 0.178. The van der Waals surface area contributed by atoms with Crippen LogP contribution in [0.1, 0.15) is 41.1 Å². The van der Waals surface area contributed by atoms with Crippen molar-refractivity contribution >= 4 is 33.4 Å². The number of carbonyl (C=O) groups excluding carboxylic acids is 1. The maximum atomic E-state index is 12.4. The van der Waals surface area contributed by atoms with E-state index in [0.29, 0.717) is 11.5 Å². The third kappa shape index (κ3) is 3.18. The van der Waals surface area contributed by atoms with Crippen LogP contribution in [0.4, 0.5) is 0 Å². The quantitative estimate of drug-likeness (QED) is 0.794. The fourth-order valence-corrected chi connectivity index (χ4v) is 3.87. The lowest BCUT2D eigenvalue weighted by atomic mass is 9.94. The van der Waals surface area contributed by atoms with Gasteiger partial charge in [0.25, 0.3) is 5.91 Å². The minimum atomic E-state index is -0.151. The zero-order chi connectivity index (χ0) is 15.5. The van der Waals surface area contributed by atoms with Gasteiger partial charge in [-0.05, 0) is 36.6 Å². The van der Waals surface area contributed by atoms with Crippen LogP contribution in [-0.2, 0) is 0 Å². The molecule has 1 aromatic heterocycles. The molecule has 5 heteroatoms. The number of benzene rings is 1. The molecule has 1 aliphatic carbocycles. The molecule has 1 amide bonds. The predicted octanol–water partition coefficient (Wildman–Crippen LogP) is 4.56. The molecule has 1 aromatic carbocycles. The second-order valence-electron chi connectivity index (χ2n) is 5.48. The first-order chi connectivity index (χ1) is 10.7. The van der Waals surface area contributed by atoms with Crippen LogP contribution in [0, 0.1) is 0 Å². The van der Waals surface area contributed by atoms with Crippen molar-refractivity contribution in [2.45, 2.75) is 31.2 Å². The molecule has 0 saturated heterocycles. The van der Waals surface area contributed by atoms with Crippen LogP contribution in [-0.4, -0.2) is 16.9 Å². The fourth-order valence-electron chi connectivity index (χ4n) is 3.08. The predicted molar refractivity (Wildman–Crippen MR) is 91.2 cm³/mol. The summed E-state index contributed by atoms with van der Waals surface area (Å²) in [6.45, 7) is 0. The van der Waals surface area contributed by atoms with Gasteiger partial charge in [-0.1, -0.05) is 52.2 Å². The molecule has 22 heavy (non-hydrogen) atoms. The Hall–Kier alpha value is -1.39. The van der Waals surface area contributed by atoms with Crippen molar-refractivity contribution in [2.75, 3.05) is 0 Å². The van der Waals surface area contributed by atoms with Gasteiger partial charge in [-0.15, -0.1) is 0 Å². The zero-order valence-electron chi connectivity index (χ0n) is 11.9. The van der Waals surface area contributed by atoms with Crippen molar-refractivity contribution < 1.29 is 4.79 Å². The first-order valence-electron chi connectivity index (χ1n) is 7.32. The Bertz CT molecular complexity index is 692. The number of aromatic nitrogens is 1. The molecule has 2 aromatic rings. The smallest absolute Gasteiger partial charge is 0.254 e. The van der Waals surface area contributed by atoms with Gasteiger partial charge in [-0.2, -0.15) is 0 Å². The standard InChI is InChI=1S/C17H16BrClN2O/c18-14-8-2-1-5-11(14)12-6-3-9-15(12)21-17(22)13-7-4-10-20-16(13)19/h1-2,4-5,7-8,10,12,15H,3,6,9H2,(H,21,22)/t12-,15+/m1/s1. The van der Waals surface area contributed by atoms with E-state index >= 15 is 0 Å². The molecular formula is C17H16BrClN2O. The van der Waals surface area contributed by atoms with Crippen LogP contribution in [0.3, 0.4) is 0 Å². The number of nitrogens with one attached hydrogen (secondary N) is 1. The zero-order valence-corrected chi connectivity index (χ0v) is 14.3. The number of rotatable bonds is 3. The van der Waals surface area contributed by atoms with Crippen molar-refractivity contribution in [1.29, 1.82) is 0 Å². The molecule has 0 unspecified atom stereocenters. The minimum absolute atomic E-state index is 0.127. The lowest BCUT2D eigenvalue weighted by Crippen LogP contribution is -2.36. The summed E-state index contributed by atoms with van der Waals surface area (Å²) in [5.41, 5.74) is 1.68. The second-order valence-corrected chi connectivity index (χ2v) is 6.69. The van der Waals surface area contributed by atoms with E-state index in [9.17, 15) is 4.79 Å². The Morgan fingerprint density at radius 3 is 2.82 bits per heavy atom. The van der Waals surface area contributed by atoms with Gasteiger partial charge in [0.05, 0.1) is 5.56 Å². The Kier molecular flexibility index (Phi) is 4.79. The summed E-state index contributed by atoms with van der Waals surface area (Å²) in [6.07, 6.45) is 4.75. The van der Waals surface area contributed by atoms with Crippen LogP contribution < -0.4 is 5.32 Å². The van der Waals surface area contributed by atoms with Gasteiger partial charge in [-0.3, -0.25) is 4.79 Å². The molecule has 0 spiro atoms. The van der Waals surface area contributed by atoms with Crippen molar-refractivity contribution in [2.24, 2.45) is 0 Å². The monoisotopic (exact) mass is 378 g/mol. The van der Waals surface area contributed by atoms with Gasteiger partial charge >= 0.3 is 0 Å². The average Bonchev–Trinajstić information content (AvgIpc) is 2.96. The van der Waals surface area contributed by atoms with Gasteiger partial charge in [0.2, 0.25) is 0 Å². The molecule has 114 valence electrons. The molecule has 3 rings (SSSR count). The molecule has 1 fully saturated rings. The maximum absolute atomic E-state index is 12.4. The van der Waals surface area contributed by atoms with E-state index in [1.165, 1.54) is 5.56 Å². The fraction of sp³-hybridized carbons (Fsp3) is 0.294. The van der Waals surface area contributed by atoms with Crippen LogP contribution in [0.2, 0.25) is 5.15 Å². The van der Waals surface area contributed by atoms with E-state index < -0.39 is 0 Å². The van der Waals surface area contributed by atoms with Crippen molar-refractivity contribution in [3.8, 4) is 0 Å². The van der Waals surface area contributed by atoms with E-state index in [1.54, 1.807) is 18.3 Å². The van der Waals surface area contributed by atoms with Gasteiger partial charge in [0.15, 0.2) is 0 Å². The molecule has 1 aliphatic rings. The molecule has 3 nitrogen and oxygen atoms in total. The number of pyridine rings is 1. The number of hydrogen-bond donors (Lipinski definition) is 1. The summed E-state index contributed by atoms with van der Waals surface area (Å²) in [7, 11) is 0. The summed E-state index contributed by atoms with van der Waals surface area (Å²) in [5, 5.41) is 3.37. The third-order valence-electron chi connectivity index (χ3n) is 4.14. The van der Waals surface area contributed by atoms with Gasteiger partial charge in [0, 0.05) is 22.6 Å². The number of hydrogen-bond acceptors (Lipinski definition) is 2. The molecule has 1 heterocycles. The molecule has 0 bridgehead atoms. The van der Waals surface area contributed by atoms with E-state index in [-0.39, 0.29) is 17.1 Å². The first kappa shape index (κ1) is 15.5. The highest BCUT2D eigenvalue weighted by atomic mass is 79.9. The number of amides is 1. The first-order valence-corrected chi connectivity index (χ1v) is 8.49. The van der Waals surface area contributed by atoms with Crippen molar-refractivity contribution in [3.05, 3.63) is 63.3 Å². The van der Waals surface area contributed by atoms with E-state index in [4.69, 9.17) is 11.6 Å². The molecular weight excluding hydrogens is 364 g/mol. The van der Waals surface area contributed by atoms with Crippen molar-refractivity contribution in [1.82, 2.24) is 10.3 Å². The second kappa shape index (κ2) is 6.80. The molecule has 0 aliphatic heterocycles. The number of nitrogens with zero attached hydrogens (tertiary/aromatic N) is 1. The topological polar surface area (TPSA) is 42.0 Å². The van der Waals surface area contributed by atoms with Crippen LogP contribution >= 0.6 is 27.5 Å². The van der Waals surface area contributed by atoms with Crippen molar-refractivity contribution in [3.63, 3.8) is 0 Å². The Labute approximate surface area is 143 Å². The highest BCUT2D eigenvalue weighted by Crippen LogP contribution is 2.38. The van der Waals surface area contributed by atoms with Crippen LogP contribution in [0.25, 0.3) is 0 Å². The molecule has 1 saturated carbocycles. The van der Waals surface area contributed by atoms with E-state index in [0.717, 1.165) is 23.7 Å². The van der Waals surface area contributed by atoms with Crippen LogP contribution in [0.15, 0.2) is 47.1 Å². The van der Waals surface area contributed by atoms with E-state index in [1.807, 2.05) is 18.2 Å². The lowest BCUT2D eigenvalue weighted by molar-refractivity contribution is 0.0934. The summed E-state index contributed by atoms with van der Waals surface area (Å²) in [4.78, 5) is 16.4. The molecule has 2 atom stereocenters. The number of halogens is 2. The summed E-state index contributed by atoms with van der Waals surface area (Å²) in [6, 6.07) is 11.8. The minimum Gasteiger partial charge on any atom is -0.349 e. The Morgan fingerprint density at radius 2 is 2.05 bits per heavy atom. The maximum Gasteiger partial charge on any atom is 0.254 e. The highest BCUT2D eigenvalue weighted by molar-refractivity contribution is 9.10. The van der Waals surface area contributed by atoms with Gasteiger partial charge < -0.3 is 5.32 Å². The largest absolute Gasteiger partial charge is 0.349 e. The SMILES string of the molecule is O=C(N[C@H]1CCC[C@@H]1c1ccccc1Br)c1cccnc1Cl. The van der Waals surface area contributed by atoms with E-state index in [2.05, 4.69) is 32.3 Å². The molecule has 1 N–H and O–H groups in total.